The maximum absolute atomic E-state index is 4.86. The number of hydrogen-bond donors (Lipinski definition) is 0. The zero-order valence-electron chi connectivity index (χ0n) is 15.3. The van der Waals surface area contributed by atoms with Gasteiger partial charge in [-0.15, -0.1) is 10.2 Å². The second kappa shape index (κ2) is 6.06. The van der Waals surface area contributed by atoms with Crippen LogP contribution in [-0.4, -0.2) is 25.2 Å². The summed E-state index contributed by atoms with van der Waals surface area (Å²) < 4.78 is 4.06. The smallest absolute Gasteiger partial charge is 0.186 e. The Morgan fingerprint density at radius 3 is 2.26 bits per heavy atom. The number of hydrogen-bond acceptors (Lipinski definition) is 3. The van der Waals surface area contributed by atoms with Gasteiger partial charge in [0.2, 0.25) is 0 Å². The minimum absolute atomic E-state index is 0.745. The van der Waals surface area contributed by atoms with Crippen LogP contribution >= 0.6 is 0 Å². The average molecular weight is 353 g/mol. The van der Waals surface area contributed by atoms with Crippen molar-refractivity contribution in [2.75, 3.05) is 0 Å². The molecule has 132 valence electrons. The summed E-state index contributed by atoms with van der Waals surface area (Å²) in [5.74, 6) is 0.797. The van der Waals surface area contributed by atoms with Crippen molar-refractivity contribution in [2.24, 2.45) is 12.1 Å². The van der Waals surface area contributed by atoms with Crippen molar-refractivity contribution in [1.29, 1.82) is 0 Å². The van der Waals surface area contributed by atoms with Gasteiger partial charge in [-0.1, -0.05) is 60.7 Å². The van der Waals surface area contributed by atoms with E-state index in [9.17, 15) is 0 Å². The van der Waals surface area contributed by atoms with Crippen LogP contribution in [0.25, 0.3) is 22.6 Å². The van der Waals surface area contributed by atoms with Crippen LogP contribution in [0.4, 0.5) is 0 Å². The summed E-state index contributed by atoms with van der Waals surface area (Å²) in [5.41, 5.74) is 8.08. The third kappa shape index (κ3) is 2.43. The van der Waals surface area contributed by atoms with Gasteiger partial charge in [-0.05, 0) is 23.6 Å². The number of nitrogens with zero attached hydrogens (tertiary/aromatic N) is 5. The largest absolute Gasteiger partial charge is 0.347 e. The van der Waals surface area contributed by atoms with Crippen LogP contribution in [0.3, 0.4) is 0 Å². The average Bonchev–Trinajstić information content (AvgIpc) is 3.20. The Hall–Kier alpha value is -3.47. The summed E-state index contributed by atoms with van der Waals surface area (Å²) in [5, 5.41) is 13.4. The highest BCUT2D eigenvalue weighted by Gasteiger charge is 2.28. The van der Waals surface area contributed by atoms with Crippen molar-refractivity contribution < 1.29 is 0 Å². The maximum atomic E-state index is 4.86. The summed E-state index contributed by atoms with van der Waals surface area (Å²) in [6.07, 6.45) is 2.43. The first-order valence-electron chi connectivity index (χ1n) is 9.01. The predicted molar refractivity (Wildman–Crippen MR) is 107 cm³/mol. The van der Waals surface area contributed by atoms with Gasteiger partial charge in [0, 0.05) is 24.7 Å². The fourth-order valence-electron chi connectivity index (χ4n) is 3.90. The van der Waals surface area contributed by atoms with E-state index in [1.54, 1.807) is 11.0 Å². The van der Waals surface area contributed by atoms with Crippen molar-refractivity contribution in [3.05, 3.63) is 83.8 Å². The van der Waals surface area contributed by atoms with Crippen LogP contribution in [0, 0.1) is 6.92 Å². The highest BCUT2D eigenvalue weighted by molar-refractivity contribution is 6.04. The molecule has 0 fully saturated rings. The van der Waals surface area contributed by atoms with Crippen molar-refractivity contribution >= 4 is 5.71 Å². The molecule has 0 bridgehead atoms. The van der Waals surface area contributed by atoms with Gasteiger partial charge in [-0.2, -0.15) is 9.78 Å². The first-order valence-corrected chi connectivity index (χ1v) is 9.01. The molecule has 0 spiro atoms. The van der Waals surface area contributed by atoms with Gasteiger partial charge in [0.15, 0.2) is 5.82 Å². The van der Waals surface area contributed by atoms with E-state index in [2.05, 4.69) is 65.1 Å². The fraction of sp³-hybridized carbons (Fsp3) is 0.136. The van der Waals surface area contributed by atoms with Gasteiger partial charge >= 0.3 is 0 Å². The minimum atomic E-state index is 0.745. The van der Waals surface area contributed by atoms with E-state index in [4.69, 9.17) is 5.10 Å². The van der Waals surface area contributed by atoms with Crippen molar-refractivity contribution in [3.8, 4) is 22.6 Å². The molecule has 5 rings (SSSR count). The number of rotatable bonds is 2. The lowest BCUT2D eigenvalue weighted by atomic mass is 9.96. The van der Waals surface area contributed by atoms with Crippen LogP contribution in [0.15, 0.2) is 72.1 Å². The Morgan fingerprint density at radius 1 is 0.889 bits per heavy atom. The van der Waals surface area contributed by atoms with E-state index in [0.29, 0.717) is 0 Å². The highest BCUT2D eigenvalue weighted by Crippen LogP contribution is 2.38. The van der Waals surface area contributed by atoms with Crippen molar-refractivity contribution in [2.45, 2.75) is 13.3 Å². The molecule has 0 N–H and O–H groups in total. The Kier molecular flexibility index (Phi) is 3.53. The van der Waals surface area contributed by atoms with Crippen LogP contribution in [0.1, 0.15) is 16.8 Å². The van der Waals surface area contributed by atoms with E-state index in [1.165, 1.54) is 22.5 Å². The van der Waals surface area contributed by atoms with Crippen LogP contribution < -0.4 is 0 Å². The lowest BCUT2D eigenvalue weighted by molar-refractivity contribution is 0.864. The molecule has 2 aromatic carbocycles. The first kappa shape index (κ1) is 15.8. The molecular weight excluding hydrogens is 334 g/mol. The second-order valence-electron chi connectivity index (χ2n) is 6.80. The van der Waals surface area contributed by atoms with Gasteiger partial charge < -0.3 is 4.57 Å². The summed E-state index contributed by atoms with van der Waals surface area (Å²) in [7, 11) is 2.12. The van der Waals surface area contributed by atoms with E-state index < -0.39 is 0 Å². The Morgan fingerprint density at radius 2 is 1.56 bits per heavy atom. The highest BCUT2D eigenvalue weighted by atomic mass is 15.4. The molecule has 5 nitrogen and oxygen atoms in total. The van der Waals surface area contributed by atoms with Crippen molar-refractivity contribution in [1.82, 2.24) is 19.4 Å². The first-order chi connectivity index (χ1) is 13.2. The van der Waals surface area contributed by atoms with Crippen molar-refractivity contribution in [3.63, 3.8) is 0 Å². The van der Waals surface area contributed by atoms with E-state index in [0.717, 1.165) is 29.1 Å². The third-order valence-electron chi connectivity index (χ3n) is 5.27. The molecule has 0 unspecified atom stereocenters. The second-order valence-corrected chi connectivity index (χ2v) is 6.80. The zero-order valence-corrected chi connectivity index (χ0v) is 15.3. The predicted octanol–water partition coefficient (Wildman–Crippen LogP) is 4.07. The maximum Gasteiger partial charge on any atom is 0.186 e. The molecule has 27 heavy (non-hydrogen) atoms. The van der Waals surface area contributed by atoms with Crippen LogP contribution in [0.5, 0.6) is 0 Å². The molecule has 0 saturated heterocycles. The van der Waals surface area contributed by atoms with Gasteiger partial charge in [-0.25, -0.2) is 0 Å². The minimum Gasteiger partial charge on any atom is -0.347 e. The monoisotopic (exact) mass is 353 g/mol. The molecule has 1 aliphatic rings. The zero-order chi connectivity index (χ0) is 18.4. The summed E-state index contributed by atoms with van der Waals surface area (Å²) in [6.45, 7) is 2.14. The number of benzene rings is 2. The summed E-state index contributed by atoms with van der Waals surface area (Å²) in [6, 6.07) is 20.8. The third-order valence-corrected chi connectivity index (χ3v) is 5.27. The summed E-state index contributed by atoms with van der Waals surface area (Å²) in [4.78, 5) is 0. The van der Waals surface area contributed by atoms with Gasteiger partial charge in [0.25, 0.3) is 0 Å². The number of aromatic nitrogens is 4. The molecule has 3 heterocycles. The van der Waals surface area contributed by atoms with E-state index in [1.807, 2.05) is 24.3 Å². The molecule has 4 aromatic rings. The van der Waals surface area contributed by atoms with Crippen LogP contribution in [-0.2, 0) is 13.5 Å². The van der Waals surface area contributed by atoms with Gasteiger partial charge in [0.1, 0.15) is 6.33 Å². The molecule has 1 aliphatic heterocycles. The van der Waals surface area contributed by atoms with E-state index in [-0.39, 0.29) is 0 Å². The van der Waals surface area contributed by atoms with Gasteiger partial charge in [0.05, 0.1) is 11.4 Å². The summed E-state index contributed by atoms with van der Waals surface area (Å²) >= 11 is 0. The fourth-order valence-corrected chi connectivity index (χ4v) is 3.90. The SMILES string of the molecule is Cc1c2c(c(-c3ccccc3)n1C)CC(c1ccccc1)=Nn1cnnc1-2. The molecular formula is C22H19N5. The quantitative estimate of drug-likeness (QED) is 0.545. The lowest BCUT2D eigenvalue weighted by Gasteiger charge is -2.10. The Bertz CT molecular complexity index is 1150. The molecule has 5 heteroatoms. The van der Waals surface area contributed by atoms with Crippen LogP contribution in [0.2, 0.25) is 0 Å². The molecule has 2 aromatic heterocycles. The standard InChI is InChI=1S/C22H19N5/c1-15-20-18(21(26(15)2)17-11-7-4-8-12-17)13-19(16-9-5-3-6-10-16)25-27-14-23-24-22(20)27/h3-12,14H,13H2,1-2H3. The van der Waals surface area contributed by atoms with E-state index >= 15 is 0 Å². The molecule has 0 saturated carbocycles. The normalized spacial score (nSPS) is 12.9. The molecule has 0 aliphatic carbocycles. The number of fused-ring (bicyclic) bond motifs is 3. The lowest BCUT2D eigenvalue weighted by Crippen LogP contribution is -2.07. The Balaban J connectivity index is 1.80. The molecule has 0 atom stereocenters. The molecule has 0 amide bonds. The Labute approximate surface area is 157 Å². The topological polar surface area (TPSA) is 48.0 Å². The van der Waals surface area contributed by atoms with Gasteiger partial charge in [-0.3, -0.25) is 0 Å². The molecule has 0 radical (unpaired) electrons.